The third-order valence-corrected chi connectivity index (χ3v) is 2.32. The monoisotopic (exact) mass is 209 g/mol. The Morgan fingerprint density at radius 1 is 1.60 bits per heavy atom. The molecule has 0 aliphatic carbocycles. The Kier molecular flexibility index (Phi) is 2.75. The molecule has 6 nitrogen and oxygen atoms in total. The minimum Gasteiger partial charge on any atom is -0.318 e. The van der Waals surface area contributed by atoms with E-state index >= 15 is 0 Å². The maximum atomic E-state index is 11.5. The molecule has 6 heteroatoms. The summed E-state index contributed by atoms with van der Waals surface area (Å²) in [4.78, 5) is 35.1. The van der Waals surface area contributed by atoms with Crippen LogP contribution in [0.4, 0.5) is 0 Å². The Morgan fingerprint density at radius 2 is 2.20 bits per heavy atom. The van der Waals surface area contributed by atoms with E-state index in [4.69, 9.17) is 5.26 Å². The van der Waals surface area contributed by atoms with Gasteiger partial charge in [-0.15, -0.1) is 0 Å². The standard InChI is InChI=1S/C9H11N3O3/c1-9(2)8(15)11-6(13)5-12(9)7(14)3-4-10/h3,5H2,1-2H3,(H,11,13,15). The lowest BCUT2D eigenvalue weighted by Crippen LogP contribution is -2.65. The average molecular weight is 209 g/mol. The van der Waals surface area contributed by atoms with Gasteiger partial charge in [0.25, 0.3) is 5.91 Å². The normalized spacial score (nSPS) is 19.4. The van der Waals surface area contributed by atoms with Gasteiger partial charge in [-0.25, -0.2) is 0 Å². The van der Waals surface area contributed by atoms with E-state index in [9.17, 15) is 14.4 Å². The summed E-state index contributed by atoms with van der Waals surface area (Å²) in [6, 6.07) is 1.70. The third kappa shape index (κ3) is 1.96. The smallest absolute Gasteiger partial charge is 0.252 e. The van der Waals surface area contributed by atoms with Crippen LogP contribution in [0.25, 0.3) is 0 Å². The molecule has 0 aromatic rings. The average Bonchev–Trinajstić information content (AvgIpc) is 2.12. The number of piperazine rings is 1. The van der Waals surface area contributed by atoms with Crippen LogP contribution in [-0.2, 0) is 14.4 Å². The highest BCUT2D eigenvalue weighted by atomic mass is 16.2. The number of imide groups is 1. The summed E-state index contributed by atoms with van der Waals surface area (Å²) in [5, 5.41) is 10.5. The maximum Gasteiger partial charge on any atom is 0.252 e. The Morgan fingerprint density at radius 3 is 2.73 bits per heavy atom. The number of nitriles is 1. The van der Waals surface area contributed by atoms with E-state index in [-0.39, 0.29) is 13.0 Å². The van der Waals surface area contributed by atoms with Crippen LogP contribution in [0.15, 0.2) is 0 Å². The van der Waals surface area contributed by atoms with E-state index < -0.39 is 23.3 Å². The van der Waals surface area contributed by atoms with Crippen molar-refractivity contribution in [2.24, 2.45) is 0 Å². The van der Waals surface area contributed by atoms with Crippen LogP contribution in [0.3, 0.4) is 0 Å². The number of rotatable bonds is 1. The van der Waals surface area contributed by atoms with Crippen LogP contribution in [0.5, 0.6) is 0 Å². The second-order valence-electron chi connectivity index (χ2n) is 3.75. The minimum absolute atomic E-state index is 0.181. The molecule has 1 aliphatic rings. The van der Waals surface area contributed by atoms with E-state index in [0.29, 0.717) is 0 Å². The van der Waals surface area contributed by atoms with Gasteiger partial charge in [0.05, 0.1) is 6.07 Å². The Labute approximate surface area is 86.8 Å². The highest BCUT2D eigenvalue weighted by molar-refractivity contribution is 6.06. The molecule has 1 saturated heterocycles. The van der Waals surface area contributed by atoms with Crippen molar-refractivity contribution in [2.45, 2.75) is 25.8 Å². The molecule has 1 N–H and O–H groups in total. The number of carbonyl (C=O) groups excluding carboxylic acids is 3. The molecule has 15 heavy (non-hydrogen) atoms. The molecule has 0 atom stereocenters. The van der Waals surface area contributed by atoms with Crippen LogP contribution in [0.1, 0.15) is 20.3 Å². The van der Waals surface area contributed by atoms with Gasteiger partial charge < -0.3 is 4.90 Å². The predicted molar refractivity (Wildman–Crippen MR) is 49.2 cm³/mol. The second kappa shape index (κ2) is 3.69. The number of hydrogen-bond acceptors (Lipinski definition) is 4. The summed E-state index contributed by atoms with van der Waals surface area (Å²) < 4.78 is 0. The van der Waals surface area contributed by atoms with Crippen molar-refractivity contribution in [3.8, 4) is 6.07 Å². The van der Waals surface area contributed by atoms with Crippen molar-refractivity contribution in [1.82, 2.24) is 10.2 Å². The quantitative estimate of drug-likeness (QED) is 0.570. The summed E-state index contributed by atoms with van der Waals surface area (Å²) in [5.41, 5.74) is -1.08. The van der Waals surface area contributed by atoms with E-state index in [1.165, 1.54) is 13.8 Å². The fourth-order valence-electron chi connectivity index (χ4n) is 1.35. The van der Waals surface area contributed by atoms with Crippen molar-refractivity contribution in [1.29, 1.82) is 5.26 Å². The van der Waals surface area contributed by atoms with E-state index in [1.54, 1.807) is 6.07 Å². The van der Waals surface area contributed by atoms with Gasteiger partial charge in [0.15, 0.2) is 0 Å². The van der Waals surface area contributed by atoms with Crippen LogP contribution in [-0.4, -0.2) is 34.7 Å². The molecular weight excluding hydrogens is 198 g/mol. The lowest BCUT2D eigenvalue weighted by Gasteiger charge is -2.39. The lowest BCUT2D eigenvalue weighted by atomic mass is 9.98. The Bertz CT molecular complexity index is 367. The van der Waals surface area contributed by atoms with Crippen molar-refractivity contribution in [3.05, 3.63) is 0 Å². The second-order valence-corrected chi connectivity index (χ2v) is 3.75. The molecule has 3 amide bonds. The summed E-state index contributed by atoms with van der Waals surface area (Å²) >= 11 is 0. The molecular formula is C9H11N3O3. The first kappa shape index (κ1) is 11.2. The number of nitrogens with zero attached hydrogens (tertiary/aromatic N) is 2. The first-order chi connectivity index (χ1) is 6.89. The largest absolute Gasteiger partial charge is 0.318 e. The topological polar surface area (TPSA) is 90.3 Å². The van der Waals surface area contributed by atoms with Gasteiger partial charge in [0.2, 0.25) is 11.8 Å². The van der Waals surface area contributed by atoms with E-state index in [2.05, 4.69) is 5.32 Å². The summed E-state index contributed by atoms with van der Waals surface area (Å²) in [6.45, 7) is 2.88. The zero-order valence-electron chi connectivity index (χ0n) is 8.53. The van der Waals surface area contributed by atoms with Crippen molar-refractivity contribution in [2.75, 3.05) is 6.54 Å². The highest BCUT2D eigenvalue weighted by Gasteiger charge is 2.43. The molecule has 0 bridgehead atoms. The number of hydrogen-bond donors (Lipinski definition) is 1. The van der Waals surface area contributed by atoms with Gasteiger partial charge in [0, 0.05) is 0 Å². The molecule has 0 aromatic carbocycles. The first-order valence-electron chi connectivity index (χ1n) is 4.41. The SMILES string of the molecule is CC1(C)C(=O)NC(=O)CN1C(=O)CC#N. The number of nitrogens with one attached hydrogen (secondary N) is 1. The number of amides is 3. The summed E-state index contributed by atoms with van der Waals surface area (Å²) in [7, 11) is 0. The van der Waals surface area contributed by atoms with Crippen molar-refractivity contribution < 1.29 is 14.4 Å². The molecule has 0 radical (unpaired) electrons. The molecule has 1 rings (SSSR count). The summed E-state index contributed by atoms with van der Waals surface area (Å²) in [5.74, 6) is -1.55. The molecule has 0 saturated carbocycles. The maximum absolute atomic E-state index is 11.5. The first-order valence-corrected chi connectivity index (χ1v) is 4.41. The molecule has 1 fully saturated rings. The van der Waals surface area contributed by atoms with Gasteiger partial charge >= 0.3 is 0 Å². The number of carbonyl (C=O) groups is 3. The zero-order valence-corrected chi connectivity index (χ0v) is 8.53. The Hall–Kier alpha value is -1.90. The molecule has 0 spiro atoms. The fraction of sp³-hybridized carbons (Fsp3) is 0.556. The van der Waals surface area contributed by atoms with Gasteiger partial charge in [-0.05, 0) is 13.8 Å². The molecule has 0 unspecified atom stereocenters. The van der Waals surface area contributed by atoms with Crippen LogP contribution in [0, 0.1) is 11.3 Å². The third-order valence-electron chi connectivity index (χ3n) is 2.32. The zero-order chi connectivity index (χ0) is 11.6. The van der Waals surface area contributed by atoms with Gasteiger partial charge in [-0.2, -0.15) is 5.26 Å². The van der Waals surface area contributed by atoms with Crippen LogP contribution < -0.4 is 5.32 Å². The molecule has 1 heterocycles. The van der Waals surface area contributed by atoms with Crippen LogP contribution in [0.2, 0.25) is 0 Å². The van der Waals surface area contributed by atoms with E-state index in [0.717, 1.165) is 4.90 Å². The Balaban J connectivity index is 2.95. The minimum atomic E-state index is -1.08. The predicted octanol–water partition coefficient (Wildman–Crippen LogP) is -0.836. The van der Waals surface area contributed by atoms with Gasteiger partial charge in [-0.1, -0.05) is 0 Å². The molecule has 1 aliphatic heterocycles. The highest BCUT2D eigenvalue weighted by Crippen LogP contribution is 2.18. The van der Waals surface area contributed by atoms with Crippen molar-refractivity contribution in [3.63, 3.8) is 0 Å². The molecule has 80 valence electrons. The summed E-state index contributed by atoms with van der Waals surface area (Å²) in [6.07, 6.45) is -0.329. The van der Waals surface area contributed by atoms with Gasteiger partial charge in [-0.3, -0.25) is 19.7 Å². The van der Waals surface area contributed by atoms with Gasteiger partial charge in [0.1, 0.15) is 18.5 Å². The molecule has 0 aromatic heterocycles. The lowest BCUT2D eigenvalue weighted by molar-refractivity contribution is -0.155. The fourth-order valence-corrected chi connectivity index (χ4v) is 1.35. The van der Waals surface area contributed by atoms with E-state index in [1.807, 2.05) is 0 Å². The van der Waals surface area contributed by atoms with Crippen LogP contribution >= 0.6 is 0 Å². The van der Waals surface area contributed by atoms with Crippen molar-refractivity contribution >= 4 is 17.7 Å².